The number of carbonyl (C=O) groups excluding carboxylic acids is 2. The van der Waals surface area contributed by atoms with Crippen LogP contribution in [0.3, 0.4) is 0 Å². The van der Waals surface area contributed by atoms with Crippen LogP contribution in [0.2, 0.25) is 5.02 Å². The van der Waals surface area contributed by atoms with E-state index >= 15 is 0 Å². The highest BCUT2D eigenvalue weighted by Crippen LogP contribution is 2.22. The van der Waals surface area contributed by atoms with E-state index < -0.39 is 0 Å². The normalized spacial score (nSPS) is 15.4. The van der Waals surface area contributed by atoms with Gasteiger partial charge in [0.05, 0.1) is 6.26 Å². The molecule has 3 rings (SSSR count). The van der Waals surface area contributed by atoms with Gasteiger partial charge in [-0.25, -0.2) is 0 Å². The van der Waals surface area contributed by atoms with E-state index in [4.69, 9.17) is 16.0 Å². The van der Waals surface area contributed by atoms with Crippen LogP contribution in [0.15, 0.2) is 47.1 Å². The zero-order valence-electron chi connectivity index (χ0n) is 12.5. The molecule has 1 aromatic heterocycles. The molecular formula is C17H17ClN2O3. The topological polar surface area (TPSA) is 62.6 Å². The maximum atomic E-state index is 12.3. The molecule has 1 aliphatic heterocycles. The van der Waals surface area contributed by atoms with Crippen LogP contribution in [0.5, 0.6) is 0 Å². The summed E-state index contributed by atoms with van der Waals surface area (Å²) in [7, 11) is 0. The Balaban J connectivity index is 1.54. The van der Waals surface area contributed by atoms with E-state index in [0.29, 0.717) is 42.4 Å². The Kier molecular flexibility index (Phi) is 4.67. The zero-order valence-corrected chi connectivity index (χ0v) is 13.3. The van der Waals surface area contributed by atoms with Gasteiger partial charge in [-0.15, -0.1) is 0 Å². The predicted molar refractivity (Wildman–Crippen MR) is 87.4 cm³/mol. The molecule has 1 aromatic carbocycles. The van der Waals surface area contributed by atoms with Crippen LogP contribution >= 0.6 is 11.6 Å². The summed E-state index contributed by atoms with van der Waals surface area (Å²) in [5.41, 5.74) is 0.691. The fourth-order valence-electron chi connectivity index (χ4n) is 2.71. The van der Waals surface area contributed by atoms with Crippen LogP contribution in [-0.2, 0) is 4.79 Å². The average Bonchev–Trinajstić information content (AvgIpc) is 3.09. The molecule has 0 aliphatic carbocycles. The van der Waals surface area contributed by atoms with Crippen LogP contribution < -0.4 is 5.32 Å². The van der Waals surface area contributed by atoms with Crippen LogP contribution in [-0.4, -0.2) is 29.8 Å². The van der Waals surface area contributed by atoms with Crippen molar-refractivity contribution in [2.24, 2.45) is 5.92 Å². The summed E-state index contributed by atoms with van der Waals surface area (Å²) in [5, 5.41) is 3.46. The molecule has 2 aromatic rings. The lowest BCUT2D eigenvalue weighted by molar-refractivity contribution is -0.121. The lowest BCUT2D eigenvalue weighted by Crippen LogP contribution is -2.41. The Hall–Kier alpha value is -2.27. The van der Waals surface area contributed by atoms with Gasteiger partial charge in [-0.05, 0) is 43.2 Å². The van der Waals surface area contributed by atoms with Gasteiger partial charge in [-0.3, -0.25) is 9.59 Å². The molecular weight excluding hydrogens is 316 g/mol. The number of hydrogen-bond acceptors (Lipinski definition) is 3. The number of rotatable bonds is 3. The molecule has 0 spiro atoms. The van der Waals surface area contributed by atoms with Gasteiger partial charge in [0.25, 0.3) is 5.91 Å². The molecule has 2 amide bonds. The molecule has 0 radical (unpaired) electrons. The number of amides is 2. The highest BCUT2D eigenvalue weighted by atomic mass is 35.5. The number of piperidine rings is 1. The lowest BCUT2D eigenvalue weighted by atomic mass is 9.95. The largest absolute Gasteiger partial charge is 0.459 e. The minimum Gasteiger partial charge on any atom is -0.459 e. The van der Waals surface area contributed by atoms with Crippen LogP contribution in [0.25, 0.3) is 0 Å². The summed E-state index contributed by atoms with van der Waals surface area (Å²) in [5.74, 6) is 0.0857. The number of nitrogens with one attached hydrogen (secondary N) is 1. The quantitative estimate of drug-likeness (QED) is 0.936. The van der Waals surface area contributed by atoms with Crippen molar-refractivity contribution in [3.8, 4) is 0 Å². The van der Waals surface area contributed by atoms with Crippen molar-refractivity contribution in [2.45, 2.75) is 12.8 Å². The van der Waals surface area contributed by atoms with Gasteiger partial charge >= 0.3 is 0 Å². The molecule has 0 unspecified atom stereocenters. The maximum absolute atomic E-state index is 12.3. The summed E-state index contributed by atoms with van der Waals surface area (Å²) in [6, 6.07) is 10.4. The number of anilines is 1. The third-order valence-corrected chi connectivity index (χ3v) is 4.21. The highest BCUT2D eigenvalue weighted by Gasteiger charge is 2.28. The van der Waals surface area contributed by atoms with Crippen molar-refractivity contribution in [1.82, 2.24) is 4.90 Å². The number of benzene rings is 1. The number of carbonyl (C=O) groups is 2. The number of nitrogens with zero attached hydrogens (tertiary/aromatic N) is 1. The number of furan rings is 1. The van der Waals surface area contributed by atoms with Gasteiger partial charge in [0.2, 0.25) is 5.91 Å². The van der Waals surface area contributed by atoms with Crippen LogP contribution in [0.4, 0.5) is 5.69 Å². The standard InChI is InChI=1S/C17H17ClN2O3/c18-13-3-1-4-14(11-13)19-16(21)12-6-8-20(9-7-12)17(22)15-5-2-10-23-15/h1-5,10-12H,6-9H2,(H,19,21). The molecule has 0 saturated carbocycles. The summed E-state index contributed by atoms with van der Waals surface area (Å²) >= 11 is 5.91. The van der Waals surface area contributed by atoms with Crippen LogP contribution in [0, 0.1) is 5.92 Å². The first-order valence-electron chi connectivity index (χ1n) is 7.52. The fraction of sp³-hybridized carbons (Fsp3) is 0.294. The van der Waals surface area contributed by atoms with E-state index in [2.05, 4.69) is 5.32 Å². The molecule has 120 valence electrons. The lowest BCUT2D eigenvalue weighted by Gasteiger charge is -2.30. The first kappa shape index (κ1) is 15.6. The molecule has 23 heavy (non-hydrogen) atoms. The maximum Gasteiger partial charge on any atom is 0.289 e. The van der Waals surface area contributed by atoms with E-state index in [-0.39, 0.29) is 17.7 Å². The molecule has 5 nitrogen and oxygen atoms in total. The SMILES string of the molecule is O=C(Nc1cccc(Cl)c1)C1CCN(C(=O)c2ccco2)CC1. The summed E-state index contributed by atoms with van der Waals surface area (Å²) in [4.78, 5) is 26.2. The monoisotopic (exact) mass is 332 g/mol. The van der Waals surface area contributed by atoms with Gasteiger partial charge in [0, 0.05) is 29.7 Å². The highest BCUT2D eigenvalue weighted by molar-refractivity contribution is 6.30. The van der Waals surface area contributed by atoms with E-state index in [1.54, 1.807) is 41.3 Å². The molecule has 2 heterocycles. The Morgan fingerprint density at radius 2 is 1.96 bits per heavy atom. The van der Waals surface area contributed by atoms with Crippen molar-refractivity contribution in [3.63, 3.8) is 0 Å². The second-order valence-electron chi connectivity index (χ2n) is 5.54. The Morgan fingerprint density at radius 1 is 1.17 bits per heavy atom. The van der Waals surface area contributed by atoms with Crippen LogP contribution in [0.1, 0.15) is 23.4 Å². The second-order valence-corrected chi connectivity index (χ2v) is 5.98. The van der Waals surface area contributed by atoms with Gasteiger partial charge in [-0.1, -0.05) is 17.7 Å². The molecule has 0 atom stereocenters. The molecule has 1 N–H and O–H groups in total. The molecule has 1 fully saturated rings. The van der Waals surface area contributed by atoms with Gasteiger partial charge < -0.3 is 14.6 Å². The minimum atomic E-state index is -0.122. The van der Waals surface area contributed by atoms with Crippen molar-refractivity contribution in [2.75, 3.05) is 18.4 Å². The molecule has 1 aliphatic rings. The average molecular weight is 333 g/mol. The molecule has 6 heteroatoms. The second kappa shape index (κ2) is 6.87. The van der Waals surface area contributed by atoms with E-state index in [1.807, 2.05) is 0 Å². The van der Waals surface area contributed by atoms with Gasteiger partial charge in [0.1, 0.15) is 0 Å². The molecule has 1 saturated heterocycles. The summed E-state index contributed by atoms with van der Waals surface area (Å²) in [6.07, 6.45) is 2.76. The number of halogens is 1. The Labute approximate surface area is 139 Å². The van der Waals surface area contributed by atoms with Crippen molar-refractivity contribution in [1.29, 1.82) is 0 Å². The van der Waals surface area contributed by atoms with E-state index in [1.165, 1.54) is 6.26 Å². The van der Waals surface area contributed by atoms with Crippen molar-refractivity contribution >= 4 is 29.1 Å². The Bertz CT molecular complexity index is 692. The number of likely N-dealkylation sites (tertiary alicyclic amines) is 1. The number of hydrogen-bond donors (Lipinski definition) is 1. The first-order chi connectivity index (χ1) is 11.1. The van der Waals surface area contributed by atoms with E-state index in [0.717, 1.165) is 0 Å². The van der Waals surface area contributed by atoms with Crippen molar-refractivity contribution < 1.29 is 14.0 Å². The first-order valence-corrected chi connectivity index (χ1v) is 7.90. The summed E-state index contributed by atoms with van der Waals surface area (Å²) < 4.78 is 5.13. The summed E-state index contributed by atoms with van der Waals surface area (Å²) in [6.45, 7) is 1.10. The van der Waals surface area contributed by atoms with Gasteiger partial charge in [0.15, 0.2) is 5.76 Å². The predicted octanol–water partition coefficient (Wildman–Crippen LogP) is 3.42. The molecule has 0 bridgehead atoms. The zero-order chi connectivity index (χ0) is 16.2. The third kappa shape index (κ3) is 3.74. The minimum absolute atomic E-state index is 0.0302. The van der Waals surface area contributed by atoms with Crippen molar-refractivity contribution in [3.05, 3.63) is 53.4 Å². The smallest absolute Gasteiger partial charge is 0.289 e. The van der Waals surface area contributed by atoms with Gasteiger partial charge in [-0.2, -0.15) is 0 Å². The third-order valence-electron chi connectivity index (χ3n) is 3.98. The van der Waals surface area contributed by atoms with E-state index in [9.17, 15) is 9.59 Å². The fourth-order valence-corrected chi connectivity index (χ4v) is 2.90. The Morgan fingerprint density at radius 3 is 2.61 bits per heavy atom.